The van der Waals surface area contributed by atoms with Crippen LogP contribution in [-0.2, 0) is 21.2 Å². The fraction of sp³-hybridized carbons (Fsp3) is 0.294. The van der Waals surface area contributed by atoms with Gasteiger partial charge in [-0.15, -0.1) is 4.31 Å². The fourth-order valence-corrected chi connectivity index (χ4v) is 5.64. The molecule has 2 aromatic rings. The summed E-state index contributed by atoms with van der Waals surface area (Å²) in [4.78, 5) is 0.939. The van der Waals surface area contributed by atoms with E-state index in [0.29, 0.717) is 4.90 Å². The molecule has 0 bridgehead atoms. The summed E-state index contributed by atoms with van der Waals surface area (Å²) in [5, 5.41) is 0. The van der Waals surface area contributed by atoms with Gasteiger partial charge in [0.15, 0.2) is 4.90 Å². The molecular formula is C17H18BrNO3S2. The minimum Gasteiger partial charge on any atom is -0.593 e. The van der Waals surface area contributed by atoms with E-state index in [-0.39, 0.29) is 9.79 Å². The summed E-state index contributed by atoms with van der Waals surface area (Å²) in [5.74, 6) is 0. The lowest BCUT2D eigenvalue weighted by Gasteiger charge is -2.27. The van der Waals surface area contributed by atoms with E-state index in [0.717, 1.165) is 36.8 Å². The molecule has 0 saturated carbocycles. The third kappa shape index (κ3) is 3.86. The van der Waals surface area contributed by atoms with Crippen molar-refractivity contribution in [3.05, 3.63) is 53.0 Å². The Morgan fingerprint density at radius 1 is 0.958 bits per heavy atom. The van der Waals surface area contributed by atoms with E-state index in [1.54, 1.807) is 42.5 Å². The summed E-state index contributed by atoms with van der Waals surface area (Å²) < 4.78 is 41.0. The molecule has 0 aliphatic carbocycles. The maximum absolute atomic E-state index is 12.8. The summed E-state index contributed by atoms with van der Waals surface area (Å²) in [6.07, 6.45) is 3.22. The lowest BCUT2D eigenvalue weighted by molar-refractivity contribution is 0.346. The highest BCUT2D eigenvalue weighted by molar-refractivity contribution is 9.10. The first-order valence-corrected chi connectivity index (χ1v) is 11.1. The predicted octanol–water partition coefficient (Wildman–Crippen LogP) is 3.79. The Bertz CT molecular complexity index is 803. The molecule has 1 saturated heterocycles. The second kappa shape index (κ2) is 7.58. The van der Waals surface area contributed by atoms with Crippen LogP contribution >= 0.6 is 15.9 Å². The molecule has 7 heteroatoms. The van der Waals surface area contributed by atoms with Gasteiger partial charge in [0.2, 0.25) is 9.84 Å². The van der Waals surface area contributed by atoms with Crippen LogP contribution in [-0.4, -0.2) is 30.4 Å². The standard InChI is InChI=1S/C17H18BrNO3S2/c18-14-7-9-16(10-8-14)24(21,22)17-6-4-5-15(13-17)23(20)19-11-2-1-3-12-19/h4-10,13H,1-3,11-12H2. The first kappa shape index (κ1) is 17.9. The minimum atomic E-state index is -3.62. The van der Waals surface area contributed by atoms with Crippen molar-refractivity contribution in [3.8, 4) is 0 Å². The van der Waals surface area contributed by atoms with Crippen molar-refractivity contribution >= 4 is 37.1 Å². The van der Waals surface area contributed by atoms with Gasteiger partial charge in [-0.1, -0.05) is 28.4 Å². The maximum Gasteiger partial charge on any atom is 0.206 e. The van der Waals surface area contributed by atoms with Gasteiger partial charge in [0, 0.05) is 23.6 Å². The van der Waals surface area contributed by atoms with Gasteiger partial charge in [0.05, 0.1) is 21.2 Å². The van der Waals surface area contributed by atoms with Crippen molar-refractivity contribution in [3.63, 3.8) is 0 Å². The average Bonchev–Trinajstić information content (AvgIpc) is 2.62. The summed E-state index contributed by atoms with van der Waals surface area (Å²) in [6, 6.07) is 13.0. The summed E-state index contributed by atoms with van der Waals surface area (Å²) in [6.45, 7) is 1.58. The van der Waals surface area contributed by atoms with Crippen LogP contribution in [0.25, 0.3) is 0 Å². The van der Waals surface area contributed by atoms with Crippen LogP contribution in [0.1, 0.15) is 19.3 Å². The van der Waals surface area contributed by atoms with E-state index >= 15 is 0 Å². The monoisotopic (exact) mass is 427 g/mol. The molecule has 4 nitrogen and oxygen atoms in total. The molecular weight excluding hydrogens is 410 g/mol. The molecule has 1 atom stereocenters. The number of benzene rings is 2. The van der Waals surface area contributed by atoms with Crippen molar-refractivity contribution in [2.24, 2.45) is 0 Å². The Kier molecular flexibility index (Phi) is 5.66. The molecule has 3 rings (SSSR count). The molecule has 24 heavy (non-hydrogen) atoms. The number of rotatable bonds is 4. The lowest BCUT2D eigenvalue weighted by atomic mass is 10.2. The molecule has 0 spiro atoms. The first-order valence-electron chi connectivity index (χ1n) is 7.76. The molecule has 1 fully saturated rings. The van der Waals surface area contributed by atoms with Gasteiger partial charge in [0.1, 0.15) is 0 Å². The van der Waals surface area contributed by atoms with Gasteiger partial charge in [0.25, 0.3) is 0 Å². The van der Waals surface area contributed by atoms with Crippen LogP contribution in [0, 0.1) is 0 Å². The maximum atomic E-state index is 12.8. The number of sulfone groups is 1. The molecule has 0 amide bonds. The quantitative estimate of drug-likeness (QED) is 0.696. The van der Waals surface area contributed by atoms with E-state index in [9.17, 15) is 13.0 Å². The SMILES string of the molecule is O=S(=O)(c1ccc(Br)cc1)c1cccc([S+]([O-])N2CCCCC2)c1. The van der Waals surface area contributed by atoms with E-state index < -0.39 is 21.2 Å². The molecule has 1 aliphatic heterocycles. The van der Waals surface area contributed by atoms with E-state index in [1.807, 2.05) is 4.31 Å². The smallest absolute Gasteiger partial charge is 0.206 e. The van der Waals surface area contributed by atoms with Gasteiger partial charge >= 0.3 is 0 Å². The highest BCUT2D eigenvalue weighted by Gasteiger charge is 2.26. The van der Waals surface area contributed by atoms with Gasteiger partial charge in [-0.2, -0.15) is 0 Å². The lowest BCUT2D eigenvalue weighted by Crippen LogP contribution is -2.35. The zero-order valence-electron chi connectivity index (χ0n) is 13.0. The first-order chi connectivity index (χ1) is 11.5. The van der Waals surface area contributed by atoms with Crippen molar-refractivity contribution < 1.29 is 13.0 Å². The largest absolute Gasteiger partial charge is 0.593 e. The van der Waals surface area contributed by atoms with E-state index in [1.165, 1.54) is 6.07 Å². The fourth-order valence-electron chi connectivity index (χ4n) is 2.68. The van der Waals surface area contributed by atoms with Crippen molar-refractivity contribution in [2.75, 3.05) is 13.1 Å². The number of hydrogen-bond acceptors (Lipinski definition) is 4. The third-order valence-electron chi connectivity index (χ3n) is 3.99. The van der Waals surface area contributed by atoms with Gasteiger partial charge in [-0.25, -0.2) is 8.42 Å². The molecule has 1 unspecified atom stereocenters. The Morgan fingerprint density at radius 3 is 2.29 bits per heavy atom. The van der Waals surface area contributed by atoms with Crippen LogP contribution in [0.3, 0.4) is 0 Å². The van der Waals surface area contributed by atoms with Crippen molar-refractivity contribution in [2.45, 2.75) is 33.9 Å². The van der Waals surface area contributed by atoms with Gasteiger partial charge in [-0.05, 0) is 49.2 Å². The molecule has 1 heterocycles. The predicted molar refractivity (Wildman–Crippen MR) is 97.9 cm³/mol. The Morgan fingerprint density at radius 2 is 1.62 bits per heavy atom. The number of nitrogens with zero attached hydrogens (tertiary/aromatic N) is 1. The van der Waals surface area contributed by atoms with E-state index in [4.69, 9.17) is 0 Å². The zero-order chi connectivity index (χ0) is 17.2. The van der Waals surface area contributed by atoms with Crippen LogP contribution in [0.15, 0.2) is 67.7 Å². The van der Waals surface area contributed by atoms with Crippen LogP contribution in [0.4, 0.5) is 0 Å². The second-order valence-electron chi connectivity index (χ2n) is 5.67. The van der Waals surface area contributed by atoms with E-state index in [2.05, 4.69) is 15.9 Å². The topological polar surface area (TPSA) is 60.4 Å². The van der Waals surface area contributed by atoms with Crippen LogP contribution in [0.5, 0.6) is 0 Å². The molecule has 2 aromatic carbocycles. The van der Waals surface area contributed by atoms with Crippen molar-refractivity contribution in [1.29, 1.82) is 0 Å². The van der Waals surface area contributed by atoms with Gasteiger partial charge in [-0.3, -0.25) is 0 Å². The summed E-state index contributed by atoms with van der Waals surface area (Å²) >= 11 is 1.99. The molecule has 128 valence electrons. The van der Waals surface area contributed by atoms with Gasteiger partial charge < -0.3 is 4.55 Å². The minimum absolute atomic E-state index is 0.174. The highest BCUT2D eigenvalue weighted by Crippen LogP contribution is 2.26. The van der Waals surface area contributed by atoms with Crippen molar-refractivity contribution in [1.82, 2.24) is 4.31 Å². The Hall–Kier alpha value is -0.860. The highest BCUT2D eigenvalue weighted by atomic mass is 79.9. The number of hydrogen-bond donors (Lipinski definition) is 0. The summed E-state index contributed by atoms with van der Waals surface area (Å²) in [7, 11) is -3.62. The third-order valence-corrected chi connectivity index (χ3v) is 7.78. The second-order valence-corrected chi connectivity index (χ2v) is 10.0. The van der Waals surface area contributed by atoms with Crippen LogP contribution < -0.4 is 0 Å². The zero-order valence-corrected chi connectivity index (χ0v) is 16.2. The Labute approximate surface area is 154 Å². The summed E-state index contributed by atoms with van der Waals surface area (Å²) in [5.41, 5.74) is 0. The Balaban J connectivity index is 1.90. The number of halogens is 1. The molecule has 1 aliphatic rings. The number of piperidine rings is 1. The normalized spacial score (nSPS) is 17.6. The van der Waals surface area contributed by atoms with Crippen LogP contribution in [0.2, 0.25) is 0 Å². The molecule has 0 aromatic heterocycles. The molecule has 0 radical (unpaired) electrons. The average molecular weight is 428 g/mol. The molecule has 0 N–H and O–H groups in total.